The van der Waals surface area contributed by atoms with Crippen molar-refractivity contribution in [2.24, 2.45) is 0 Å². The first-order valence-electron chi connectivity index (χ1n) is 9.32. The van der Waals surface area contributed by atoms with Gasteiger partial charge in [-0.1, -0.05) is 31.2 Å². The van der Waals surface area contributed by atoms with Crippen molar-refractivity contribution in [1.29, 1.82) is 0 Å². The lowest BCUT2D eigenvalue weighted by molar-refractivity contribution is -0.137. The highest BCUT2D eigenvalue weighted by Gasteiger charge is 2.31. The van der Waals surface area contributed by atoms with Gasteiger partial charge < -0.3 is 4.98 Å². The van der Waals surface area contributed by atoms with E-state index in [0.717, 1.165) is 34.8 Å². The lowest BCUT2D eigenvalue weighted by Crippen LogP contribution is -2.23. The minimum Gasteiger partial charge on any atom is -0.301 e. The van der Waals surface area contributed by atoms with Gasteiger partial charge in [-0.25, -0.2) is 9.97 Å². The average Bonchev–Trinajstić information content (AvgIpc) is 3.14. The predicted molar refractivity (Wildman–Crippen MR) is 115 cm³/mol. The van der Waals surface area contributed by atoms with Crippen LogP contribution in [0.2, 0.25) is 0 Å². The van der Waals surface area contributed by atoms with Gasteiger partial charge in [0.25, 0.3) is 5.56 Å². The van der Waals surface area contributed by atoms with E-state index in [0.29, 0.717) is 28.7 Å². The zero-order valence-electron chi connectivity index (χ0n) is 16.7. The number of anilines is 2. The molecule has 6 nitrogen and oxygen atoms in total. The van der Waals surface area contributed by atoms with E-state index in [1.807, 2.05) is 6.92 Å². The summed E-state index contributed by atoms with van der Waals surface area (Å²) in [4.78, 5) is 36.6. The van der Waals surface area contributed by atoms with Gasteiger partial charge in [-0.3, -0.25) is 14.5 Å². The third-order valence-corrected chi connectivity index (χ3v) is 5.89. The number of aryl methyl sites for hydroxylation is 1. The molecule has 1 aromatic carbocycles. The number of thiazole rings is 1. The lowest BCUT2D eigenvalue weighted by atomic mass is 10.2. The summed E-state index contributed by atoms with van der Waals surface area (Å²) in [5.74, 6) is -0.0743. The van der Waals surface area contributed by atoms with E-state index in [4.69, 9.17) is 0 Å². The van der Waals surface area contributed by atoms with Crippen molar-refractivity contribution in [3.05, 3.63) is 63.0 Å². The minimum atomic E-state index is -4.51. The number of hydrogen-bond acceptors (Lipinski definition) is 6. The number of aromatic amines is 1. The topological polar surface area (TPSA) is 79.0 Å². The van der Waals surface area contributed by atoms with Gasteiger partial charge in [0.05, 0.1) is 16.9 Å². The molecule has 0 spiro atoms. The average molecular weight is 469 g/mol. The summed E-state index contributed by atoms with van der Waals surface area (Å²) in [6, 6.07) is 6.02. The molecule has 0 aliphatic rings. The van der Waals surface area contributed by atoms with Gasteiger partial charge in [0.15, 0.2) is 10.3 Å². The van der Waals surface area contributed by atoms with Crippen molar-refractivity contribution < 1.29 is 18.0 Å². The van der Waals surface area contributed by atoms with E-state index in [-0.39, 0.29) is 16.4 Å². The van der Waals surface area contributed by atoms with Gasteiger partial charge >= 0.3 is 6.18 Å². The maximum atomic E-state index is 13.1. The smallest absolute Gasteiger partial charge is 0.301 e. The zero-order valence-corrected chi connectivity index (χ0v) is 18.3. The number of nitrogens with zero attached hydrogens (tertiary/aromatic N) is 3. The van der Waals surface area contributed by atoms with Crippen LogP contribution in [0.1, 0.15) is 37.2 Å². The number of hydrogen-bond donors (Lipinski definition) is 1. The first-order chi connectivity index (χ1) is 14.7. The third-order valence-electron chi connectivity index (χ3n) is 4.11. The fraction of sp³-hybridized carbons (Fsp3) is 0.300. The van der Waals surface area contributed by atoms with E-state index in [2.05, 4.69) is 15.0 Å². The van der Waals surface area contributed by atoms with Gasteiger partial charge in [0.1, 0.15) is 0 Å². The number of halogens is 3. The molecule has 0 bridgehead atoms. The minimum absolute atomic E-state index is 0.0918. The van der Waals surface area contributed by atoms with Crippen LogP contribution in [-0.4, -0.2) is 20.9 Å². The Morgan fingerprint density at radius 3 is 2.68 bits per heavy atom. The van der Waals surface area contributed by atoms with E-state index >= 15 is 0 Å². The molecular formula is C20H19F3N4O2S2. The molecule has 3 rings (SSSR count). The monoisotopic (exact) mass is 468 g/mol. The van der Waals surface area contributed by atoms with Crippen molar-refractivity contribution in [2.75, 3.05) is 4.90 Å². The molecule has 0 atom stereocenters. The predicted octanol–water partition coefficient (Wildman–Crippen LogP) is 5.17. The third kappa shape index (κ3) is 5.95. The van der Waals surface area contributed by atoms with Crippen molar-refractivity contribution >= 4 is 39.8 Å². The van der Waals surface area contributed by atoms with Crippen LogP contribution in [0.3, 0.4) is 0 Å². The Morgan fingerprint density at radius 1 is 1.23 bits per heavy atom. The number of H-pyrrole nitrogens is 1. The normalized spacial score (nSPS) is 11.5. The van der Waals surface area contributed by atoms with Gasteiger partial charge in [-0.05, 0) is 24.6 Å². The quantitative estimate of drug-likeness (QED) is 0.382. The maximum absolute atomic E-state index is 13.1. The van der Waals surface area contributed by atoms with E-state index in [9.17, 15) is 22.8 Å². The summed E-state index contributed by atoms with van der Waals surface area (Å²) >= 11 is 2.44. The lowest BCUT2D eigenvalue weighted by Gasteiger charge is -2.19. The van der Waals surface area contributed by atoms with E-state index in [1.54, 1.807) is 5.38 Å². The molecule has 0 aliphatic heterocycles. The summed E-state index contributed by atoms with van der Waals surface area (Å²) in [6.45, 7) is 3.27. The number of amides is 1. The largest absolute Gasteiger partial charge is 0.416 e. The molecule has 0 aliphatic carbocycles. The van der Waals surface area contributed by atoms with Crippen LogP contribution in [0.5, 0.6) is 0 Å². The first-order valence-corrected chi connectivity index (χ1v) is 11.2. The summed E-state index contributed by atoms with van der Waals surface area (Å²) in [6.07, 6.45) is -2.95. The standard InChI is InChI=1S/C20H19F3N4O2S2/c1-3-5-14-9-17(29)26-18(24-14)30-10-15-11-31-19(25-15)27(12(2)28)16-7-4-6-13(8-16)20(21,22)23/h4,6-9,11H,3,5,10H2,1-2H3,(H,24,26,29). The Balaban J connectivity index is 1.80. The Bertz CT molecular complexity index is 1130. The molecule has 31 heavy (non-hydrogen) atoms. The summed E-state index contributed by atoms with van der Waals surface area (Å²) in [5.41, 5.74) is 0.346. The highest BCUT2D eigenvalue weighted by Crippen LogP contribution is 2.35. The van der Waals surface area contributed by atoms with Gasteiger partial charge in [0.2, 0.25) is 5.91 Å². The Kier molecular flexibility index (Phi) is 7.16. The number of alkyl halides is 3. The first kappa shape index (κ1) is 23.0. The maximum Gasteiger partial charge on any atom is 0.416 e. The number of benzene rings is 1. The summed E-state index contributed by atoms with van der Waals surface area (Å²) in [7, 11) is 0. The molecule has 0 saturated heterocycles. The molecule has 164 valence electrons. The summed E-state index contributed by atoms with van der Waals surface area (Å²) < 4.78 is 39.2. The van der Waals surface area contributed by atoms with Crippen LogP contribution >= 0.6 is 23.1 Å². The number of carbonyl (C=O) groups excluding carboxylic acids is 1. The fourth-order valence-corrected chi connectivity index (χ4v) is 4.57. The van der Waals surface area contributed by atoms with Crippen LogP contribution in [0.25, 0.3) is 0 Å². The zero-order chi connectivity index (χ0) is 22.6. The molecule has 1 N–H and O–H groups in total. The second kappa shape index (κ2) is 9.65. The van der Waals surface area contributed by atoms with Crippen LogP contribution in [-0.2, 0) is 23.1 Å². The van der Waals surface area contributed by atoms with Gasteiger partial charge in [0, 0.05) is 29.8 Å². The second-order valence-electron chi connectivity index (χ2n) is 6.60. The SMILES string of the molecule is CCCc1cc(=O)[nH]c(SCc2csc(N(C(C)=O)c3cccc(C(F)(F)F)c3)n2)n1. The molecule has 0 unspecified atom stereocenters. The molecule has 3 aromatic rings. The highest BCUT2D eigenvalue weighted by molar-refractivity contribution is 7.98. The van der Waals surface area contributed by atoms with Gasteiger partial charge in [-0.2, -0.15) is 13.2 Å². The highest BCUT2D eigenvalue weighted by atomic mass is 32.2. The Labute approximate surface area is 184 Å². The Hall–Kier alpha value is -2.66. The molecule has 11 heteroatoms. The number of rotatable bonds is 7. The molecule has 0 saturated carbocycles. The van der Waals surface area contributed by atoms with Crippen molar-refractivity contribution in [3.8, 4) is 0 Å². The number of aromatic nitrogens is 3. The van der Waals surface area contributed by atoms with Crippen LogP contribution < -0.4 is 10.5 Å². The van der Waals surface area contributed by atoms with Crippen molar-refractivity contribution in [3.63, 3.8) is 0 Å². The molecule has 1 amide bonds. The number of thioether (sulfide) groups is 1. The van der Waals surface area contributed by atoms with Gasteiger partial charge in [-0.15, -0.1) is 11.3 Å². The number of nitrogens with one attached hydrogen (secondary N) is 1. The van der Waals surface area contributed by atoms with Crippen molar-refractivity contribution in [2.45, 2.75) is 43.8 Å². The molecule has 2 aromatic heterocycles. The van der Waals surface area contributed by atoms with Crippen molar-refractivity contribution in [1.82, 2.24) is 15.0 Å². The van der Waals surface area contributed by atoms with Crippen LogP contribution in [0.15, 0.2) is 45.7 Å². The summed E-state index contributed by atoms with van der Waals surface area (Å²) in [5, 5.41) is 2.45. The second-order valence-corrected chi connectivity index (χ2v) is 8.41. The molecule has 0 fully saturated rings. The van der Waals surface area contributed by atoms with E-state index < -0.39 is 17.6 Å². The Morgan fingerprint density at radius 2 is 2.00 bits per heavy atom. The van der Waals surface area contributed by atoms with E-state index in [1.165, 1.54) is 36.9 Å². The molecule has 2 heterocycles. The molecule has 0 radical (unpaired) electrons. The van der Waals surface area contributed by atoms with Crippen LogP contribution in [0.4, 0.5) is 24.0 Å². The fourth-order valence-electron chi connectivity index (χ4n) is 2.79. The molecular weight excluding hydrogens is 449 g/mol. The number of carbonyl (C=O) groups is 1. The van der Waals surface area contributed by atoms with Crippen LogP contribution in [0, 0.1) is 0 Å².